The molecule has 0 radical (unpaired) electrons. The van der Waals surface area contributed by atoms with Crippen molar-refractivity contribution >= 4 is 17.5 Å². The number of hydrogen-bond acceptors (Lipinski definition) is 3. The van der Waals surface area contributed by atoms with Crippen LogP contribution in [0.3, 0.4) is 0 Å². The van der Waals surface area contributed by atoms with Crippen LogP contribution < -0.4 is 5.32 Å². The second kappa shape index (κ2) is 6.57. The number of hydrogen-bond donors (Lipinski definition) is 1. The molecule has 0 saturated heterocycles. The Balaban J connectivity index is 1.55. The summed E-state index contributed by atoms with van der Waals surface area (Å²) in [5.74, 6) is 0.210. The van der Waals surface area contributed by atoms with Crippen molar-refractivity contribution in [3.63, 3.8) is 0 Å². The number of aromatic nitrogens is 3. The molecule has 5 nitrogen and oxygen atoms in total. The predicted octanol–water partition coefficient (Wildman–Crippen LogP) is 3.57. The van der Waals surface area contributed by atoms with E-state index < -0.39 is 0 Å². The number of nitrogens with zero attached hydrogens (tertiary/aromatic N) is 3. The Morgan fingerprint density at radius 3 is 2.56 bits per heavy atom. The highest BCUT2D eigenvalue weighted by Crippen LogP contribution is 2.14. The van der Waals surface area contributed by atoms with Crippen molar-refractivity contribution in [1.29, 1.82) is 0 Å². The summed E-state index contributed by atoms with van der Waals surface area (Å²) in [6, 6.07) is 23.4. The monoisotopic (exact) mass is 328 g/mol. The van der Waals surface area contributed by atoms with Gasteiger partial charge in [0, 0.05) is 11.8 Å². The lowest BCUT2D eigenvalue weighted by Crippen LogP contribution is -2.14. The fraction of sp³-hybridized carbons (Fsp3) is 0.0500. The maximum atomic E-state index is 12.6. The molecule has 0 aliphatic heterocycles. The van der Waals surface area contributed by atoms with Crippen LogP contribution in [0.5, 0.6) is 0 Å². The minimum atomic E-state index is -0.201. The highest BCUT2D eigenvalue weighted by atomic mass is 16.1. The fourth-order valence-electron chi connectivity index (χ4n) is 2.75. The second-order valence-corrected chi connectivity index (χ2v) is 5.77. The van der Waals surface area contributed by atoms with Crippen LogP contribution in [0.25, 0.3) is 5.65 Å². The Kier molecular flexibility index (Phi) is 3.96. The molecule has 2 aromatic heterocycles. The molecular formula is C20H16N4O. The third-order valence-corrected chi connectivity index (χ3v) is 3.98. The van der Waals surface area contributed by atoms with Gasteiger partial charge < -0.3 is 0 Å². The highest BCUT2D eigenvalue weighted by molar-refractivity contribution is 6.03. The lowest BCUT2D eigenvalue weighted by molar-refractivity contribution is 0.102. The molecule has 122 valence electrons. The van der Waals surface area contributed by atoms with Gasteiger partial charge in [0.25, 0.3) is 5.91 Å². The van der Waals surface area contributed by atoms with E-state index in [1.165, 1.54) is 5.56 Å². The third kappa shape index (κ3) is 3.26. The van der Waals surface area contributed by atoms with Crippen LogP contribution >= 0.6 is 0 Å². The standard InChI is InChI=1S/C20H16N4O/c25-19(21-20-23-22-18-11-4-5-12-24(18)20)17-10-6-9-16(14-17)13-15-7-2-1-3-8-15/h1-12,14H,13H2,(H,21,23,25). The number of amides is 1. The molecule has 4 aromatic rings. The van der Waals surface area contributed by atoms with Crippen LogP contribution in [-0.4, -0.2) is 20.5 Å². The van der Waals surface area contributed by atoms with E-state index in [0.717, 1.165) is 12.0 Å². The van der Waals surface area contributed by atoms with E-state index in [1.54, 1.807) is 10.5 Å². The Morgan fingerprint density at radius 1 is 0.880 bits per heavy atom. The Hall–Kier alpha value is -3.47. The predicted molar refractivity (Wildman–Crippen MR) is 96.6 cm³/mol. The van der Waals surface area contributed by atoms with Gasteiger partial charge >= 0.3 is 0 Å². The van der Waals surface area contributed by atoms with Gasteiger partial charge in [0.15, 0.2) is 5.65 Å². The van der Waals surface area contributed by atoms with E-state index >= 15 is 0 Å². The smallest absolute Gasteiger partial charge is 0.258 e. The molecule has 2 aromatic carbocycles. The molecule has 0 aliphatic carbocycles. The summed E-state index contributed by atoms with van der Waals surface area (Å²) in [5, 5.41) is 10.9. The molecule has 0 bridgehead atoms. The van der Waals surface area contributed by atoms with Crippen LogP contribution in [0.2, 0.25) is 0 Å². The lowest BCUT2D eigenvalue weighted by Gasteiger charge is -2.06. The Labute approximate surface area is 145 Å². The van der Waals surface area contributed by atoms with Gasteiger partial charge in [-0.25, -0.2) is 0 Å². The van der Waals surface area contributed by atoms with Gasteiger partial charge in [-0.15, -0.1) is 10.2 Å². The molecule has 0 unspecified atom stereocenters. The fourth-order valence-corrected chi connectivity index (χ4v) is 2.75. The van der Waals surface area contributed by atoms with Crippen molar-refractivity contribution in [2.24, 2.45) is 0 Å². The summed E-state index contributed by atoms with van der Waals surface area (Å²) in [6.45, 7) is 0. The van der Waals surface area contributed by atoms with E-state index in [4.69, 9.17) is 0 Å². The summed E-state index contributed by atoms with van der Waals surface area (Å²) >= 11 is 0. The first-order valence-electron chi connectivity index (χ1n) is 8.03. The Bertz CT molecular complexity index is 1020. The summed E-state index contributed by atoms with van der Waals surface area (Å²) in [5.41, 5.74) is 3.59. The second-order valence-electron chi connectivity index (χ2n) is 5.77. The van der Waals surface area contributed by atoms with Crippen molar-refractivity contribution in [2.75, 3.05) is 5.32 Å². The molecule has 0 spiro atoms. The molecule has 0 saturated carbocycles. The number of pyridine rings is 1. The number of anilines is 1. The summed E-state index contributed by atoms with van der Waals surface area (Å²) in [4.78, 5) is 12.6. The van der Waals surface area contributed by atoms with Gasteiger partial charge in [-0.3, -0.25) is 14.5 Å². The molecule has 0 aliphatic rings. The van der Waals surface area contributed by atoms with Crippen LogP contribution in [0.4, 0.5) is 5.95 Å². The number of carbonyl (C=O) groups is 1. The maximum Gasteiger partial charge on any atom is 0.258 e. The van der Waals surface area contributed by atoms with E-state index in [-0.39, 0.29) is 5.91 Å². The van der Waals surface area contributed by atoms with Gasteiger partial charge in [0.1, 0.15) is 0 Å². The number of rotatable bonds is 4. The first kappa shape index (κ1) is 15.1. The van der Waals surface area contributed by atoms with Crippen molar-refractivity contribution in [3.05, 3.63) is 95.7 Å². The molecule has 0 fully saturated rings. The van der Waals surface area contributed by atoms with Crippen LogP contribution in [0.15, 0.2) is 79.0 Å². The van der Waals surface area contributed by atoms with Gasteiger partial charge in [0.2, 0.25) is 5.95 Å². The molecule has 2 heterocycles. The zero-order valence-corrected chi connectivity index (χ0v) is 13.5. The van der Waals surface area contributed by atoms with Crippen molar-refractivity contribution in [3.8, 4) is 0 Å². The number of carbonyl (C=O) groups excluding carboxylic acids is 1. The van der Waals surface area contributed by atoms with Gasteiger partial charge in [0.05, 0.1) is 0 Å². The molecule has 25 heavy (non-hydrogen) atoms. The quantitative estimate of drug-likeness (QED) is 0.623. The molecular weight excluding hydrogens is 312 g/mol. The highest BCUT2D eigenvalue weighted by Gasteiger charge is 2.11. The minimum Gasteiger partial charge on any atom is -0.290 e. The number of fused-ring (bicyclic) bond motifs is 1. The molecule has 4 rings (SSSR count). The van der Waals surface area contributed by atoms with Crippen molar-refractivity contribution in [1.82, 2.24) is 14.6 Å². The van der Waals surface area contributed by atoms with Crippen LogP contribution in [-0.2, 0) is 6.42 Å². The maximum absolute atomic E-state index is 12.6. The van der Waals surface area contributed by atoms with Gasteiger partial charge in [-0.2, -0.15) is 0 Å². The van der Waals surface area contributed by atoms with Gasteiger partial charge in [-0.05, 0) is 41.8 Å². The third-order valence-electron chi connectivity index (χ3n) is 3.98. The largest absolute Gasteiger partial charge is 0.290 e. The first-order valence-corrected chi connectivity index (χ1v) is 8.03. The van der Waals surface area contributed by atoms with Gasteiger partial charge in [-0.1, -0.05) is 48.5 Å². The number of nitrogens with one attached hydrogen (secondary N) is 1. The first-order chi connectivity index (χ1) is 12.3. The summed E-state index contributed by atoms with van der Waals surface area (Å²) in [6.07, 6.45) is 2.60. The van der Waals surface area contributed by atoms with E-state index in [2.05, 4.69) is 27.6 Å². The number of benzene rings is 2. The van der Waals surface area contributed by atoms with E-state index in [0.29, 0.717) is 17.2 Å². The van der Waals surface area contributed by atoms with Crippen LogP contribution in [0, 0.1) is 0 Å². The van der Waals surface area contributed by atoms with Crippen molar-refractivity contribution in [2.45, 2.75) is 6.42 Å². The zero-order chi connectivity index (χ0) is 17.1. The lowest BCUT2D eigenvalue weighted by atomic mass is 10.0. The molecule has 5 heteroatoms. The SMILES string of the molecule is O=C(Nc1nnc2ccccn12)c1cccc(Cc2ccccc2)c1. The summed E-state index contributed by atoms with van der Waals surface area (Å²) < 4.78 is 1.74. The molecule has 0 atom stereocenters. The van der Waals surface area contributed by atoms with Crippen molar-refractivity contribution < 1.29 is 4.79 Å². The van der Waals surface area contributed by atoms with Crippen LogP contribution in [0.1, 0.15) is 21.5 Å². The Morgan fingerprint density at radius 2 is 1.68 bits per heavy atom. The topological polar surface area (TPSA) is 59.3 Å². The average Bonchev–Trinajstić information content (AvgIpc) is 3.06. The average molecular weight is 328 g/mol. The summed E-state index contributed by atoms with van der Waals surface area (Å²) in [7, 11) is 0. The normalized spacial score (nSPS) is 10.7. The minimum absolute atomic E-state index is 0.201. The van der Waals surface area contributed by atoms with E-state index in [9.17, 15) is 4.79 Å². The molecule has 1 amide bonds. The van der Waals surface area contributed by atoms with E-state index in [1.807, 2.05) is 60.8 Å². The zero-order valence-electron chi connectivity index (χ0n) is 13.5. The molecule has 1 N–H and O–H groups in total.